The summed E-state index contributed by atoms with van der Waals surface area (Å²) in [5, 5.41) is 13.8. The molecule has 0 unspecified atom stereocenters. The molecule has 0 bridgehead atoms. The van der Waals surface area contributed by atoms with E-state index in [1.54, 1.807) is 18.6 Å². The molecule has 1 aromatic carbocycles. The molecule has 1 amide bonds. The molecule has 156 valence electrons. The number of nitrogens with one attached hydrogen (secondary N) is 1. The Morgan fingerprint density at radius 2 is 2.06 bits per heavy atom. The normalized spacial score (nSPS) is 18.1. The lowest BCUT2D eigenvalue weighted by atomic mass is 10.0. The number of nitriles is 1. The molecule has 31 heavy (non-hydrogen) atoms. The summed E-state index contributed by atoms with van der Waals surface area (Å²) in [6, 6.07) is 9.95. The Morgan fingerprint density at radius 3 is 2.84 bits per heavy atom. The van der Waals surface area contributed by atoms with Crippen molar-refractivity contribution in [2.75, 3.05) is 25.5 Å². The maximum atomic E-state index is 12.4. The summed E-state index contributed by atoms with van der Waals surface area (Å²) in [6.45, 7) is 1.49. The highest BCUT2D eigenvalue weighted by Crippen LogP contribution is 2.33. The van der Waals surface area contributed by atoms with Crippen molar-refractivity contribution in [3.63, 3.8) is 0 Å². The number of aromatic nitrogens is 3. The molecule has 1 aliphatic carbocycles. The van der Waals surface area contributed by atoms with E-state index in [2.05, 4.69) is 26.3 Å². The molecule has 1 saturated carbocycles. The summed E-state index contributed by atoms with van der Waals surface area (Å²) in [4.78, 5) is 27.4. The van der Waals surface area contributed by atoms with Gasteiger partial charge in [-0.15, -0.1) is 0 Å². The summed E-state index contributed by atoms with van der Waals surface area (Å²) in [5.74, 6) is 1.60. The molecular formula is C23H22N6O2. The molecule has 0 spiro atoms. The Hall–Kier alpha value is -3.73. The summed E-state index contributed by atoms with van der Waals surface area (Å²) < 4.78 is 5.14. The lowest BCUT2D eigenvalue weighted by Gasteiger charge is -2.18. The van der Waals surface area contributed by atoms with Crippen LogP contribution < -0.4 is 10.1 Å². The number of hydrogen-bond acceptors (Lipinski definition) is 7. The maximum absolute atomic E-state index is 12.4. The zero-order valence-corrected chi connectivity index (χ0v) is 17.2. The minimum absolute atomic E-state index is 0.164. The van der Waals surface area contributed by atoms with Crippen LogP contribution in [0.4, 0.5) is 5.82 Å². The lowest BCUT2D eigenvalue weighted by molar-refractivity contribution is -0.131. The average Bonchev–Trinajstić information content (AvgIpc) is 3.56. The van der Waals surface area contributed by atoms with Crippen LogP contribution in [0.2, 0.25) is 0 Å². The molecule has 3 heterocycles. The molecular weight excluding hydrogens is 392 g/mol. The van der Waals surface area contributed by atoms with Crippen LogP contribution in [-0.4, -0.2) is 52.0 Å². The number of carbonyl (C=O) groups is 1. The number of amides is 1. The van der Waals surface area contributed by atoms with Crippen LogP contribution in [0.1, 0.15) is 24.8 Å². The quantitative estimate of drug-likeness (QED) is 0.684. The van der Waals surface area contributed by atoms with Gasteiger partial charge in [0.2, 0.25) is 11.8 Å². The van der Waals surface area contributed by atoms with Crippen molar-refractivity contribution in [2.45, 2.75) is 25.3 Å². The third kappa shape index (κ3) is 3.75. The molecule has 2 aromatic heterocycles. The number of anilines is 1. The monoisotopic (exact) mass is 414 g/mol. The van der Waals surface area contributed by atoms with E-state index in [1.165, 1.54) is 7.11 Å². The van der Waals surface area contributed by atoms with Gasteiger partial charge in [-0.25, -0.2) is 15.0 Å². The van der Waals surface area contributed by atoms with Crippen molar-refractivity contribution in [1.82, 2.24) is 19.9 Å². The first kappa shape index (κ1) is 19.2. The van der Waals surface area contributed by atoms with Gasteiger partial charge in [0.05, 0.1) is 12.6 Å². The summed E-state index contributed by atoms with van der Waals surface area (Å²) in [7, 11) is 1.50. The van der Waals surface area contributed by atoms with Crippen LogP contribution in [0.3, 0.4) is 0 Å². The van der Waals surface area contributed by atoms with Crippen LogP contribution in [0.5, 0.6) is 5.88 Å². The van der Waals surface area contributed by atoms with Gasteiger partial charge < -0.3 is 15.0 Å². The van der Waals surface area contributed by atoms with E-state index in [-0.39, 0.29) is 12.0 Å². The first-order chi connectivity index (χ1) is 15.2. The van der Waals surface area contributed by atoms with Gasteiger partial charge in [-0.2, -0.15) is 5.26 Å². The van der Waals surface area contributed by atoms with Crippen LogP contribution in [0.25, 0.3) is 22.0 Å². The second-order valence-electron chi connectivity index (χ2n) is 8.04. The van der Waals surface area contributed by atoms with E-state index in [4.69, 9.17) is 4.74 Å². The number of rotatable bonds is 5. The molecule has 1 atom stereocenters. The Bertz CT molecular complexity index is 1200. The second kappa shape index (κ2) is 7.84. The largest absolute Gasteiger partial charge is 0.480 e. The Kier molecular flexibility index (Phi) is 4.86. The Labute approximate surface area is 179 Å². The number of nitrogens with zero attached hydrogens (tertiary/aromatic N) is 5. The van der Waals surface area contributed by atoms with Crippen LogP contribution in [-0.2, 0) is 4.79 Å². The van der Waals surface area contributed by atoms with Crippen molar-refractivity contribution in [3.8, 4) is 23.1 Å². The number of ether oxygens (including phenoxy) is 1. The minimum atomic E-state index is 0.164. The molecule has 0 radical (unpaired) electrons. The summed E-state index contributed by atoms with van der Waals surface area (Å²) >= 11 is 0. The smallest absolute Gasteiger partial charge is 0.231 e. The van der Waals surface area contributed by atoms with Gasteiger partial charge in [-0.05, 0) is 43.0 Å². The highest BCUT2D eigenvalue weighted by atomic mass is 16.5. The van der Waals surface area contributed by atoms with E-state index in [1.807, 2.05) is 23.1 Å². The zero-order valence-electron chi connectivity index (χ0n) is 17.2. The maximum Gasteiger partial charge on any atom is 0.231 e. The average molecular weight is 414 g/mol. The molecule has 8 nitrogen and oxygen atoms in total. The van der Waals surface area contributed by atoms with E-state index >= 15 is 0 Å². The van der Waals surface area contributed by atoms with Crippen molar-refractivity contribution >= 4 is 22.6 Å². The molecule has 1 N–H and O–H groups in total. The molecule has 1 aliphatic heterocycles. The highest BCUT2D eigenvalue weighted by Gasteiger charge is 2.36. The number of methoxy groups -OCH3 is 1. The fourth-order valence-corrected chi connectivity index (χ4v) is 4.06. The second-order valence-corrected chi connectivity index (χ2v) is 8.04. The number of hydrogen-bond donors (Lipinski definition) is 1. The fourth-order valence-electron chi connectivity index (χ4n) is 4.06. The van der Waals surface area contributed by atoms with Crippen molar-refractivity contribution in [3.05, 3.63) is 42.4 Å². The molecule has 1 saturated heterocycles. The number of likely N-dealkylation sites (tertiary alicyclic amines) is 1. The Balaban J connectivity index is 1.42. The van der Waals surface area contributed by atoms with Gasteiger partial charge in [-0.1, -0.05) is 6.07 Å². The van der Waals surface area contributed by atoms with Gasteiger partial charge in [0.15, 0.2) is 0 Å². The Morgan fingerprint density at radius 1 is 1.19 bits per heavy atom. The number of pyridine rings is 1. The standard InChI is InChI=1S/C23H22N6O2/c1-31-22-16(10-24)8-17(11-25-22)15-4-5-20-19(9-15)21(27-13-26-20)28-18-6-7-29(12-18)23(30)14-2-3-14/h4-5,8-9,11,13-14,18H,2-3,6-7,12H2,1H3,(H,26,27,28)/t18-/m0/s1. The number of fused-ring (bicyclic) bond motifs is 1. The van der Waals surface area contributed by atoms with Crippen molar-refractivity contribution in [2.24, 2.45) is 5.92 Å². The third-order valence-corrected chi connectivity index (χ3v) is 5.90. The highest BCUT2D eigenvalue weighted by molar-refractivity contribution is 5.92. The molecule has 2 aliphatic rings. The zero-order chi connectivity index (χ0) is 21.4. The van der Waals surface area contributed by atoms with Gasteiger partial charge >= 0.3 is 0 Å². The van der Waals surface area contributed by atoms with E-state index in [0.29, 0.717) is 23.9 Å². The van der Waals surface area contributed by atoms with Crippen LogP contribution >= 0.6 is 0 Å². The SMILES string of the molecule is COc1ncc(-c2ccc3ncnc(N[C@H]4CCN(C(=O)C5CC5)C4)c3c2)cc1C#N. The molecule has 3 aromatic rings. The predicted molar refractivity (Wildman–Crippen MR) is 115 cm³/mol. The van der Waals surface area contributed by atoms with Gasteiger partial charge in [0, 0.05) is 42.2 Å². The molecule has 2 fully saturated rings. The first-order valence-corrected chi connectivity index (χ1v) is 10.4. The lowest BCUT2D eigenvalue weighted by Crippen LogP contribution is -2.32. The van der Waals surface area contributed by atoms with E-state index in [9.17, 15) is 10.1 Å². The van der Waals surface area contributed by atoms with Crippen molar-refractivity contribution in [1.29, 1.82) is 5.26 Å². The molecule has 5 rings (SSSR count). The first-order valence-electron chi connectivity index (χ1n) is 10.4. The predicted octanol–water partition coefficient (Wildman–Crippen LogP) is 2.99. The van der Waals surface area contributed by atoms with E-state index < -0.39 is 0 Å². The summed E-state index contributed by atoms with van der Waals surface area (Å²) in [5.41, 5.74) is 2.94. The van der Waals surface area contributed by atoms with Gasteiger partial charge in [0.25, 0.3) is 0 Å². The van der Waals surface area contributed by atoms with E-state index in [0.717, 1.165) is 53.7 Å². The van der Waals surface area contributed by atoms with Crippen LogP contribution in [0.15, 0.2) is 36.8 Å². The van der Waals surface area contributed by atoms with Crippen LogP contribution in [0, 0.1) is 17.2 Å². The third-order valence-electron chi connectivity index (χ3n) is 5.90. The van der Waals surface area contributed by atoms with Gasteiger partial charge in [-0.3, -0.25) is 4.79 Å². The summed E-state index contributed by atoms with van der Waals surface area (Å²) in [6.07, 6.45) is 6.20. The minimum Gasteiger partial charge on any atom is -0.480 e. The topological polar surface area (TPSA) is 104 Å². The van der Waals surface area contributed by atoms with Gasteiger partial charge in [0.1, 0.15) is 23.8 Å². The number of carbonyl (C=O) groups excluding carboxylic acids is 1. The molecule has 8 heteroatoms. The van der Waals surface area contributed by atoms with Crippen molar-refractivity contribution < 1.29 is 9.53 Å². The number of benzene rings is 1. The fraction of sp³-hybridized carbons (Fsp3) is 0.348.